The third kappa shape index (κ3) is 4.70. The zero-order chi connectivity index (χ0) is 20.9. The molecular weight excluding hydrogens is 378 g/mol. The summed E-state index contributed by atoms with van der Waals surface area (Å²) in [5.41, 5.74) is 7.41. The van der Waals surface area contributed by atoms with Crippen molar-refractivity contribution < 1.29 is 9.84 Å². The van der Waals surface area contributed by atoms with Crippen LogP contribution in [0.25, 0.3) is 21.9 Å². The molecule has 3 aromatic rings. The molecule has 0 saturated carbocycles. The molecule has 0 aliphatic carbocycles. The molecule has 0 bridgehead atoms. The quantitative estimate of drug-likeness (QED) is 0.621. The van der Waals surface area contributed by atoms with Gasteiger partial charge in [0.15, 0.2) is 0 Å². The first-order valence-corrected chi connectivity index (χ1v) is 10.5. The van der Waals surface area contributed by atoms with Gasteiger partial charge in [-0.1, -0.05) is 37.3 Å². The number of β-amino-alcohol motifs (C(OH)–C–C–N with tert-alkyl or cyclic N) is 1. The summed E-state index contributed by atoms with van der Waals surface area (Å²) >= 11 is 0. The number of rotatable bonds is 7. The summed E-state index contributed by atoms with van der Waals surface area (Å²) in [5, 5.41) is 12.7. The number of likely N-dealkylation sites (N-methyl/N-ethyl adjacent to an activating group) is 1. The number of aliphatic hydroxyl groups is 1. The average molecular weight is 408 g/mol. The van der Waals surface area contributed by atoms with Gasteiger partial charge in [-0.15, -0.1) is 0 Å². The summed E-state index contributed by atoms with van der Waals surface area (Å²) in [5.74, 6) is 0.942. The van der Waals surface area contributed by atoms with Gasteiger partial charge in [0.25, 0.3) is 0 Å². The van der Waals surface area contributed by atoms with Gasteiger partial charge in [-0.3, -0.25) is 4.90 Å². The monoisotopic (exact) mass is 407 g/mol. The van der Waals surface area contributed by atoms with Gasteiger partial charge in [0.1, 0.15) is 18.5 Å². The van der Waals surface area contributed by atoms with Gasteiger partial charge in [-0.05, 0) is 23.4 Å². The summed E-state index contributed by atoms with van der Waals surface area (Å²) in [4.78, 5) is 13.0. The highest BCUT2D eigenvalue weighted by Gasteiger charge is 2.19. The molecule has 1 unspecified atom stereocenters. The molecule has 7 nitrogen and oxygen atoms in total. The smallest absolute Gasteiger partial charge is 0.219 e. The van der Waals surface area contributed by atoms with Crippen molar-refractivity contribution in [3.63, 3.8) is 0 Å². The number of nitrogens with zero attached hydrogens (tertiary/aromatic N) is 4. The highest BCUT2D eigenvalue weighted by atomic mass is 16.5. The van der Waals surface area contributed by atoms with Crippen LogP contribution in [-0.2, 0) is 0 Å². The van der Waals surface area contributed by atoms with Gasteiger partial charge in [-0.2, -0.15) is 0 Å². The lowest BCUT2D eigenvalue weighted by molar-refractivity contribution is 0.0472. The number of piperazine rings is 1. The highest BCUT2D eigenvalue weighted by Crippen LogP contribution is 2.36. The fraction of sp³-hybridized carbons (Fsp3) is 0.391. The Morgan fingerprint density at radius 3 is 2.47 bits per heavy atom. The molecule has 1 aromatic heterocycles. The summed E-state index contributed by atoms with van der Waals surface area (Å²) in [6.07, 6.45) is 2.86. The second-order valence-corrected chi connectivity index (χ2v) is 7.69. The van der Waals surface area contributed by atoms with E-state index in [9.17, 15) is 5.11 Å². The van der Waals surface area contributed by atoms with Crippen molar-refractivity contribution in [2.45, 2.75) is 13.0 Å². The fourth-order valence-electron chi connectivity index (χ4n) is 3.96. The first-order chi connectivity index (χ1) is 14.6. The molecular formula is C23H29N5O2. The van der Waals surface area contributed by atoms with E-state index >= 15 is 0 Å². The maximum atomic E-state index is 10.6. The maximum Gasteiger partial charge on any atom is 0.219 e. The second-order valence-electron chi connectivity index (χ2n) is 7.69. The van der Waals surface area contributed by atoms with Gasteiger partial charge in [0.05, 0.1) is 0 Å². The first kappa shape index (κ1) is 20.5. The van der Waals surface area contributed by atoms with Crippen molar-refractivity contribution in [2.24, 2.45) is 0 Å². The Hall–Kier alpha value is -2.74. The molecule has 0 amide bonds. The van der Waals surface area contributed by atoms with E-state index in [2.05, 4.69) is 38.8 Å². The molecule has 0 spiro atoms. The molecule has 0 radical (unpaired) electrons. The number of benzene rings is 2. The molecule has 30 heavy (non-hydrogen) atoms. The number of ether oxygens (including phenoxy) is 1. The molecule has 2 aromatic carbocycles. The van der Waals surface area contributed by atoms with E-state index in [1.54, 1.807) is 12.4 Å². The van der Waals surface area contributed by atoms with Crippen LogP contribution < -0.4 is 10.5 Å². The van der Waals surface area contributed by atoms with Crippen LogP contribution in [0.15, 0.2) is 48.8 Å². The molecule has 1 saturated heterocycles. The summed E-state index contributed by atoms with van der Waals surface area (Å²) < 4.78 is 6.10. The van der Waals surface area contributed by atoms with Crippen LogP contribution in [0.2, 0.25) is 0 Å². The SMILES string of the molecule is CCN1CCN(CC(O)COc2ccc3ccccc3c2-c2cnc(N)nc2)CC1. The summed E-state index contributed by atoms with van der Waals surface area (Å²) in [7, 11) is 0. The predicted molar refractivity (Wildman–Crippen MR) is 119 cm³/mol. The summed E-state index contributed by atoms with van der Waals surface area (Å²) in [6.45, 7) is 8.18. The lowest BCUT2D eigenvalue weighted by atomic mass is 9.99. The topological polar surface area (TPSA) is 87.7 Å². The standard InChI is InChI=1S/C23H29N5O2/c1-2-27-9-11-28(12-10-27)15-19(29)16-30-21-8-7-17-5-3-4-6-20(17)22(21)18-13-25-23(24)26-14-18/h3-8,13-14,19,29H,2,9-12,15-16H2,1H3,(H2,24,25,26). The third-order valence-electron chi connectivity index (χ3n) is 5.66. The van der Waals surface area contributed by atoms with Crippen molar-refractivity contribution in [3.05, 3.63) is 48.8 Å². The van der Waals surface area contributed by atoms with Gasteiger partial charge in [0, 0.05) is 56.2 Å². The van der Waals surface area contributed by atoms with E-state index in [0.717, 1.165) is 54.6 Å². The lowest BCUT2D eigenvalue weighted by Gasteiger charge is -2.34. The highest BCUT2D eigenvalue weighted by molar-refractivity contribution is 5.99. The van der Waals surface area contributed by atoms with E-state index in [0.29, 0.717) is 12.3 Å². The predicted octanol–water partition coefficient (Wildman–Crippen LogP) is 2.26. The number of fused-ring (bicyclic) bond motifs is 1. The molecule has 7 heteroatoms. The van der Waals surface area contributed by atoms with Crippen LogP contribution in [0, 0.1) is 0 Å². The molecule has 1 aliphatic heterocycles. The largest absolute Gasteiger partial charge is 0.490 e. The lowest BCUT2D eigenvalue weighted by Crippen LogP contribution is -2.49. The van der Waals surface area contributed by atoms with Crippen LogP contribution in [0.5, 0.6) is 5.75 Å². The second kappa shape index (κ2) is 9.38. The fourth-order valence-corrected chi connectivity index (χ4v) is 3.96. The number of aromatic nitrogens is 2. The molecule has 2 heterocycles. The third-order valence-corrected chi connectivity index (χ3v) is 5.66. The summed E-state index contributed by atoms with van der Waals surface area (Å²) in [6, 6.07) is 12.1. The Morgan fingerprint density at radius 1 is 1.03 bits per heavy atom. The Morgan fingerprint density at radius 2 is 1.73 bits per heavy atom. The van der Waals surface area contributed by atoms with Crippen LogP contribution in [0.4, 0.5) is 5.95 Å². The van der Waals surface area contributed by atoms with Crippen molar-refractivity contribution in [1.82, 2.24) is 19.8 Å². The molecule has 1 atom stereocenters. The van der Waals surface area contributed by atoms with Crippen molar-refractivity contribution >= 4 is 16.7 Å². The van der Waals surface area contributed by atoms with Gasteiger partial charge in [0.2, 0.25) is 5.95 Å². The Kier molecular flexibility index (Phi) is 6.42. The minimum absolute atomic E-state index is 0.231. The van der Waals surface area contributed by atoms with Crippen LogP contribution in [0.3, 0.4) is 0 Å². The molecule has 1 fully saturated rings. The first-order valence-electron chi connectivity index (χ1n) is 10.5. The molecule has 3 N–H and O–H groups in total. The van der Waals surface area contributed by atoms with Crippen LogP contribution >= 0.6 is 0 Å². The van der Waals surface area contributed by atoms with E-state index in [4.69, 9.17) is 10.5 Å². The normalized spacial score (nSPS) is 16.6. The average Bonchev–Trinajstić information content (AvgIpc) is 2.78. The van der Waals surface area contributed by atoms with Crippen molar-refractivity contribution in [3.8, 4) is 16.9 Å². The van der Waals surface area contributed by atoms with Gasteiger partial charge < -0.3 is 20.5 Å². The van der Waals surface area contributed by atoms with E-state index < -0.39 is 6.10 Å². The Labute approximate surface area is 177 Å². The number of aliphatic hydroxyl groups excluding tert-OH is 1. The Bertz CT molecular complexity index is 971. The van der Waals surface area contributed by atoms with Gasteiger partial charge in [-0.25, -0.2) is 9.97 Å². The van der Waals surface area contributed by atoms with E-state index in [1.807, 2.05) is 24.3 Å². The minimum Gasteiger partial charge on any atom is -0.490 e. The number of anilines is 1. The van der Waals surface area contributed by atoms with Crippen molar-refractivity contribution in [2.75, 3.05) is 51.6 Å². The Balaban J connectivity index is 1.50. The molecule has 1 aliphatic rings. The van der Waals surface area contributed by atoms with E-state index in [1.165, 1.54) is 0 Å². The van der Waals surface area contributed by atoms with Crippen LogP contribution in [0.1, 0.15) is 6.92 Å². The number of hydrogen-bond acceptors (Lipinski definition) is 7. The van der Waals surface area contributed by atoms with Crippen molar-refractivity contribution in [1.29, 1.82) is 0 Å². The number of hydrogen-bond donors (Lipinski definition) is 2. The van der Waals surface area contributed by atoms with E-state index in [-0.39, 0.29) is 12.6 Å². The maximum absolute atomic E-state index is 10.6. The molecule has 4 rings (SSSR count). The van der Waals surface area contributed by atoms with Crippen LogP contribution in [-0.4, -0.2) is 76.9 Å². The zero-order valence-electron chi connectivity index (χ0n) is 17.4. The number of nitrogens with two attached hydrogens (primary N) is 1. The minimum atomic E-state index is -0.555. The zero-order valence-corrected chi connectivity index (χ0v) is 17.4. The number of nitrogen functional groups attached to an aromatic ring is 1. The molecule has 158 valence electrons. The van der Waals surface area contributed by atoms with Gasteiger partial charge >= 0.3 is 0 Å².